The summed E-state index contributed by atoms with van der Waals surface area (Å²) >= 11 is 0. The number of carbonyl (C=O) groups excluding carboxylic acids is 1. The summed E-state index contributed by atoms with van der Waals surface area (Å²) in [6, 6.07) is 5.82. The lowest BCUT2D eigenvalue weighted by atomic mass is 10.2. The van der Waals surface area contributed by atoms with Crippen LogP contribution in [-0.4, -0.2) is 38.8 Å². The van der Waals surface area contributed by atoms with Crippen LogP contribution in [0, 0.1) is 5.82 Å². The van der Waals surface area contributed by atoms with Gasteiger partial charge in [-0.1, -0.05) is 12.1 Å². The zero-order chi connectivity index (χ0) is 12.3. The normalized spacial score (nSPS) is 20.0. The molecule has 1 fully saturated rings. The molecule has 1 N–H and O–H groups in total. The van der Waals surface area contributed by atoms with Gasteiger partial charge in [0.25, 0.3) is 0 Å². The molecular formula is C12H15FN2O2. The van der Waals surface area contributed by atoms with Gasteiger partial charge in [0.2, 0.25) is 5.91 Å². The molecule has 0 bridgehead atoms. The summed E-state index contributed by atoms with van der Waals surface area (Å²) in [5.41, 5.74) is 0.282. The number of nitrogens with one attached hydrogen (secondary N) is 1. The van der Waals surface area contributed by atoms with Crippen LogP contribution in [0.2, 0.25) is 0 Å². The third kappa shape index (κ3) is 2.62. The van der Waals surface area contributed by atoms with Gasteiger partial charge < -0.3 is 15.0 Å². The quantitative estimate of drug-likeness (QED) is 0.827. The molecule has 4 nitrogen and oxygen atoms in total. The Morgan fingerprint density at radius 1 is 1.53 bits per heavy atom. The van der Waals surface area contributed by atoms with Crippen LogP contribution in [0.4, 0.5) is 10.1 Å². The highest BCUT2D eigenvalue weighted by Gasteiger charge is 2.25. The predicted octanol–water partition coefficient (Wildman–Crippen LogP) is 0.777. The Balaban J connectivity index is 2.11. The molecule has 0 aliphatic carbocycles. The van der Waals surface area contributed by atoms with Crippen LogP contribution in [0.15, 0.2) is 24.3 Å². The summed E-state index contributed by atoms with van der Waals surface area (Å²) in [4.78, 5) is 13.4. The molecule has 0 spiro atoms. The van der Waals surface area contributed by atoms with Gasteiger partial charge in [-0.3, -0.25) is 4.79 Å². The van der Waals surface area contributed by atoms with Gasteiger partial charge in [-0.15, -0.1) is 0 Å². The summed E-state index contributed by atoms with van der Waals surface area (Å²) in [7, 11) is 1.57. The fourth-order valence-corrected chi connectivity index (χ4v) is 1.80. The van der Waals surface area contributed by atoms with Gasteiger partial charge in [0.15, 0.2) is 0 Å². The summed E-state index contributed by atoms with van der Waals surface area (Å²) in [6.07, 6.45) is 0. The first-order chi connectivity index (χ1) is 8.20. The Labute approximate surface area is 99.4 Å². The number of hydrogen-bond acceptors (Lipinski definition) is 3. The molecule has 0 saturated carbocycles. The lowest BCUT2D eigenvalue weighted by Gasteiger charge is -2.27. The maximum atomic E-state index is 13.5. The van der Waals surface area contributed by atoms with Crippen molar-refractivity contribution in [3.05, 3.63) is 30.1 Å². The van der Waals surface area contributed by atoms with E-state index >= 15 is 0 Å². The van der Waals surface area contributed by atoms with Gasteiger partial charge in [0, 0.05) is 13.6 Å². The van der Waals surface area contributed by atoms with Crippen LogP contribution in [0.1, 0.15) is 0 Å². The number of nitrogens with zero attached hydrogens (tertiary/aromatic N) is 1. The van der Waals surface area contributed by atoms with Crippen LogP contribution in [0.3, 0.4) is 0 Å². The number of para-hydroxylation sites is 1. The fourth-order valence-electron chi connectivity index (χ4n) is 1.80. The van der Waals surface area contributed by atoms with Crippen molar-refractivity contribution in [3.63, 3.8) is 0 Å². The largest absolute Gasteiger partial charge is 0.378 e. The van der Waals surface area contributed by atoms with E-state index < -0.39 is 11.9 Å². The zero-order valence-corrected chi connectivity index (χ0v) is 9.65. The van der Waals surface area contributed by atoms with Crippen molar-refractivity contribution in [1.29, 1.82) is 0 Å². The number of morpholine rings is 1. The van der Waals surface area contributed by atoms with Crippen molar-refractivity contribution >= 4 is 11.6 Å². The van der Waals surface area contributed by atoms with E-state index in [1.165, 1.54) is 11.0 Å². The first kappa shape index (κ1) is 12.0. The van der Waals surface area contributed by atoms with Crippen LogP contribution in [0.25, 0.3) is 0 Å². The summed E-state index contributed by atoms with van der Waals surface area (Å²) in [5, 5.41) is 3.05. The van der Waals surface area contributed by atoms with E-state index in [4.69, 9.17) is 4.74 Å². The molecule has 0 radical (unpaired) electrons. The predicted molar refractivity (Wildman–Crippen MR) is 62.4 cm³/mol. The maximum absolute atomic E-state index is 13.5. The van der Waals surface area contributed by atoms with Crippen LogP contribution < -0.4 is 10.2 Å². The molecule has 1 aromatic rings. The zero-order valence-electron chi connectivity index (χ0n) is 9.65. The third-order valence-corrected chi connectivity index (χ3v) is 2.76. The fraction of sp³-hybridized carbons (Fsp3) is 0.417. The highest BCUT2D eigenvalue weighted by Crippen LogP contribution is 2.18. The van der Waals surface area contributed by atoms with Crippen molar-refractivity contribution in [2.24, 2.45) is 0 Å². The molecule has 1 aliphatic heterocycles. The number of benzene rings is 1. The summed E-state index contributed by atoms with van der Waals surface area (Å²) in [5.74, 6) is -0.588. The van der Waals surface area contributed by atoms with E-state index in [0.717, 1.165) is 0 Å². The number of rotatable bonds is 2. The van der Waals surface area contributed by atoms with E-state index in [1.807, 2.05) is 0 Å². The van der Waals surface area contributed by atoms with E-state index in [0.29, 0.717) is 19.8 Å². The number of ether oxygens (including phenoxy) is 1. The van der Waals surface area contributed by atoms with Crippen molar-refractivity contribution in [1.82, 2.24) is 5.32 Å². The van der Waals surface area contributed by atoms with E-state index in [9.17, 15) is 9.18 Å². The molecule has 0 aromatic heterocycles. The third-order valence-electron chi connectivity index (χ3n) is 2.76. The number of halogens is 1. The average molecular weight is 238 g/mol. The van der Waals surface area contributed by atoms with Crippen molar-refractivity contribution < 1.29 is 13.9 Å². The standard InChI is InChI=1S/C12H15FN2O2/c1-15(11-5-3-2-4-9(11)13)12(16)10-8-17-7-6-14-10/h2-5,10,14H,6-8H2,1H3. The molecule has 1 heterocycles. The minimum Gasteiger partial charge on any atom is -0.378 e. The van der Waals surface area contributed by atoms with Gasteiger partial charge >= 0.3 is 0 Å². The molecule has 17 heavy (non-hydrogen) atoms. The van der Waals surface area contributed by atoms with E-state index in [2.05, 4.69) is 5.32 Å². The minimum atomic E-state index is -0.403. The van der Waals surface area contributed by atoms with E-state index in [1.54, 1.807) is 25.2 Å². The van der Waals surface area contributed by atoms with Gasteiger partial charge in [-0.2, -0.15) is 0 Å². The second-order valence-corrected chi connectivity index (χ2v) is 3.93. The SMILES string of the molecule is CN(C(=O)C1COCCN1)c1ccccc1F. The Hall–Kier alpha value is -1.46. The molecular weight excluding hydrogens is 223 g/mol. The number of likely N-dealkylation sites (N-methyl/N-ethyl adjacent to an activating group) is 1. The van der Waals surface area contributed by atoms with Gasteiger partial charge in [-0.05, 0) is 12.1 Å². The van der Waals surface area contributed by atoms with Gasteiger partial charge in [0.05, 0.1) is 18.9 Å². The molecule has 1 atom stereocenters. The number of anilines is 1. The average Bonchev–Trinajstić information content (AvgIpc) is 2.39. The van der Waals surface area contributed by atoms with E-state index in [-0.39, 0.29) is 11.6 Å². The summed E-state index contributed by atoms with van der Waals surface area (Å²) in [6.45, 7) is 1.58. The van der Waals surface area contributed by atoms with Crippen molar-refractivity contribution in [3.8, 4) is 0 Å². The molecule has 1 amide bonds. The highest BCUT2D eigenvalue weighted by molar-refractivity contribution is 5.96. The number of carbonyl (C=O) groups is 1. The molecule has 5 heteroatoms. The Kier molecular flexibility index (Phi) is 3.71. The lowest BCUT2D eigenvalue weighted by molar-refractivity contribution is -0.123. The number of amides is 1. The molecule has 1 aliphatic rings. The van der Waals surface area contributed by atoms with Gasteiger partial charge in [0.1, 0.15) is 11.9 Å². The van der Waals surface area contributed by atoms with Crippen LogP contribution in [0.5, 0.6) is 0 Å². The molecule has 1 saturated heterocycles. The smallest absolute Gasteiger partial charge is 0.246 e. The first-order valence-electron chi connectivity index (χ1n) is 5.53. The second-order valence-electron chi connectivity index (χ2n) is 3.93. The molecule has 2 rings (SSSR count). The monoisotopic (exact) mass is 238 g/mol. The van der Waals surface area contributed by atoms with Gasteiger partial charge in [-0.25, -0.2) is 4.39 Å². The second kappa shape index (κ2) is 5.25. The number of hydrogen-bond donors (Lipinski definition) is 1. The molecule has 1 aromatic carbocycles. The van der Waals surface area contributed by atoms with Crippen molar-refractivity contribution in [2.45, 2.75) is 6.04 Å². The highest BCUT2D eigenvalue weighted by atomic mass is 19.1. The van der Waals surface area contributed by atoms with Crippen molar-refractivity contribution in [2.75, 3.05) is 31.7 Å². The summed E-state index contributed by atoms with van der Waals surface area (Å²) < 4.78 is 18.7. The Morgan fingerprint density at radius 3 is 2.94 bits per heavy atom. The molecule has 92 valence electrons. The van der Waals surface area contributed by atoms with Crippen LogP contribution in [-0.2, 0) is 9.53 Å². The lowest BCUT2D eigenvalue weighted by Crippen LogP contribution is -2.51. The minimum absolute atomic E-state index is 0.185. The maximum Gasteiger partial charge on any atom is 0.246 e. The first-order valence-corrected chi connectivity index (χ1v) is 5.53. The Morgan fingerprint density at radius 2 is 2.29 bits per heavy atom. The molecule has 1 unspecified atom stereocenters. The van der Waals surface area contributed by atoms with Crippen LogP contribution >= 0.6 is 0 Å². The Bertz CT molecular complexity index is 405. The topological polar surface area (TPSA) is 41.6 Å².